The highest BCUT2D eigenvalue weighted by atomic mass is 35.5. The summed E-state index contributed by atoms with van der Waals surface area (Å²) in [6, 6.07) is 14.8. The fourth-order valence-electron chi connectivity index (χ4n) is 1.61. The van der Waals surface area contributed by atoms with Crippen molar-refractivity contribution in [3.05, 3.63) is 65.3 Å². The Morgan fingerprint density at radius 3 is 2.50 bits per heavy atom. The zero-order valence-electron chi connectivity index (χ0n) is 11.4. The van der Waals surface area contributed by atoms with E-state index in [0.717, 1.165) is 0 Å². The number of carbonyl (C=O) groups is 1. The Morgan fingerprint density at radius 2 is 1.86 bits per heavy atom. The Labute approximate surface area is 132 Å². The van der Waals surface area contributed by atoms with Crippen LogP contribution in [0.5, 0.6) is 5.75 Å². The van der Waals surface area contributed by atoms with Crippen molar-refractivity contribution in [1.82, 2.24) is 0 Å². The van der Waals surface area contributed by atoms with Crippen molar-refractivity contribution < 1.29 is 9.90 Å². The van der Waals surface area contributed by atoms with Crippen LogP contribution in [-0.4, -0.2) is 11.0 Å². The summed E-state index contributed by atoms with van der Waals surface area (Å²) >= 11 is 5.95. The van der Waals surface area contributed by atoms with Gasteiger partial charge in [0, 0.05) is 11.9 Å². The van der Waals surface area contributed by atoms with Crippen LogP contribution in [0.4, 0.5) is 11.4 Å². The summed E-state index contributed by atoms with van der Waals surface area (Å²) in [5.41, 5.74) is 0.962. The van der Waals surface area contributed by atoms with Gasteiger partial charge in [-0.2, -0.15) is 5.26 Å². The van der Waals surface area contributed by atoms with Gasteiger partial charge in [0.2, 0.25) is 0 Å². The van der Waals surface area contributed by atoms with Crippen molar-refractivity contribution in [2.75, 3.05) is 10.6 Å². The highest BCUT2D eigenvalue weighted by Gasteiger charge is 2.10. The third kappa shape index (κ3) is 4.01. The number of anilines is 2. The maximum atomic E-state index is 12.0. The minimum Gasteiger partial charge on any atom is -0.508 e. The average Bonchev–Trinajstić information content (AvgIpc) is 2.52. The van der Waals surface area contributed by atoms with E-state index in [9.17, 15) is 9.90 Å². The SMILES string of the molecule is N#C/C(=C/Nc1ccc(O)cc1)C(=O)Nc1ccccc1Cl. The van der Waals surface area contributed by atoms with Crippen LogP contribution in [0, 0.1) is 11.3 Å². The number of amides is 1. The molecule has 3 N–H and O–H groups in total. The molecule has 0 saturated heterocycles. The number of benzene rings is 2. The lowest BCUT2D eigenvalue weighted by Gasteiger charge is -2.06. The second kappa shape index (κ2) is 7.16. The summed E-state index contributed by atoms with van der Waals surface area (Å²) in [5.74, 6) is -0.437. The van der Waals surface area contributed by atoms with Gasteiger partial charge >= 0.3 is 0 Å². The van der Waals surface area contributed by atoms with E-state index < -0.39 is 5.91 Å². The zero-order chi connectivity index (χ0) is 15.9. The molecule has 0 heterocycles. The topological polar surface area (TPSA) is 85.2 Å². The number of hydrogen-bond acceptors (Lipinski definition) is 4. The lowest BCUT2D eigenvalue weighted by molar-refractivity contribution is -0.112. The van der Waals surface area contributed by atoms with Crippen molar-refractivity contribution in [1.29, 1.82) is 5.26 Å². The first-order valence-corrected chi connectivity index (χ1v) is 6.69. The zero-order valence-corrected chi connectivity index (χ0v) is 12.1. The lowest BCUT2D eigenvalue weighted by Crippen LogP contribution is -2.14. The molecule has 0 radical (unpaired) electrons. The lowest BCUT2D eigenvalue weighted by atomic mass is 10.2. The largest absolute Gasteiger partial charge is 0.508 e. The molecule has 0 aliphatic rings. The predicted molar refractivity (Wildman–Crippen MR) is 85.5 cm³/mol. The van der Waals surface area contributed by atoms with E-state index in [2.05, 4.69) is 10.6 Å². The molecular formula is C16H12ClN3O2. The fraction of sp³-hybridized carbons (Fsp3) is 0. The Kier molecular flexibility index (Phi) is 5.02. The molecule has 110 valence electrons. The number of phenols is 1. The van der Waals surface area contributed by atoms with Gasteiger partial charge in [-0.1, -0.05) is 23.7 Å². The highest BCUT2D eigenvalue weighted by molar-refractivity contribution is 6.33. The molecule has 0 spiro atoms. The summed E-state index contributed by atoms with van der Waals surface area (Å²) in [4.78, 5) is 12.0. The average molecular weight is 314 g/mol. The second-order valence-electron chi connectivity index (χ2n) is 4.29. The first-order chi connectivity index (χ1) is 10.6. The van der Waals surface area contributed by atoms with Gasteiger partial charge in [-0.15, -0.1) is 0 Å². The molecule has 0 aliphatic heterocycles. The van der Waals surface area contributed by atoms with Crippen LogP contribution in [0.15, 0.2) is 60.3 Å². The fourth-order valence-corrected chi connectivity index (χ4v) is 1.80. The van der Waals surface area contributed by atoms with Crippen molar-refractivity contribution in [2.24, 2.45) is 0 Å². The van der Waals surface area contributed by atoms with Crippen LogP contribution in [0.1, 0.15) is 0 Å². The molecule has 1 amide bonds. The van der Waals surface area contributed by atoms with E-state index in [0.29, 0.717) is 16.4 Å². The minimum absolute atomic E-state index is 0.104. The first-order valence-electron chi connectivity index (χ1n) is 6.32. The number of carbonyl (C=O) groups excluding carboxylic acids is 1. The summed E-state index contributed by atoms with van der Waals surface area (Å²) < 4.78 is 0. The molecular weight excluding hydrogens is 302 g/mol. The molecule has 2 aromatic carbocycles. The van der Waals surface area contributed by atoms with Gasteiger partial charge in [-0.3, -0.25) is 4.79 Å². The molecule has 0 aromatic heterocycles. The summed E-state index contributed by atoms with van der Waals surface area (Å²) in [6.45, 7) is 0. The summed E-state index contributed by atoms with van der Waals surface area (Å²) in [7, 11) is 0. The van der Waals surface area contributed by atoms with Crippen molar-refractivity contribution in [2.45, 2.75) is 0 Å². The Morgan fingerprint density at radius 1 is 1.18 bits per heavy atom. The first kappa shape index (κ1) is 15.4. The van der Waals surface area contributed by atoms with Gasteiger partial charge in [0.1, 0.15) is 17.4 Å². The smallest absolute Gasteiger partial charge is 0.267 e. The third-order valence-corrected chi connectivity index (χ3v) is 3.07. The number of phenolic OH excluding ortho intramolecular Hbond substituents is 1. The molecule has 0 bridgehead atoms. The quantitative estimate of drug-likeness (QED) is 0.458. The molecule has 0 saturated carbocycles. The number of nitrogens with one attached hydrogen (secondary N) is 2. The molecule has 6 heteroatoms. The number of para-hydroxylation sites is 1. The maximum Gasteiger partial charge on any atom is 0.267 e. The molecule has 0 aliphatic carbocycles. The molecule has 0 unspecified atom stereocenters. The number of hydrogen-bond donors (Lipinski definition) is 3. The molecule has 2 rings (SSSR count). The van der Waals surface area contributed by atoms with Gasteiger partial charge in [0.05, 0.1) is 10.7 Å². The second-order valence-corrected chi connectivity index (χ2v) is 4.70. The van der Waals surface area contributed by atoms with E-state index in [4.69, 9.17) is 16.9 Å². The third-order valence-electron chi connectivity index (χ3n) is 2.74. The van der Waals surface area contributed by atoms with Gasteiger partial charge < -0.3 is 15.7 Å². The summed E-state index contributed by atoms with van der Waals surface area (Å²) in [6.07, 6.45) is 1.29. The molecule has 5 nitrogen and oxygen atoms in total. The van der Waals surface area contributed by atoms with Crippen molar-refractivity contribution in [3.63, 3.8) is 0 Å². The van der Waals surface area contributed by atoms with Crippen LogP contribution in [0.25, 0.3) is 0 Å². The van der Waals surface area contributed by atoms with Gasteiger partial charge in [-0.25, -0.2) is 0 Å². The van der Waals surface area contributed by atoms with E-state index in [1.54, 1.807) is 36.4 Å². The summed E-state index contributed by atoms with van der Waals surface area (Å²) in [5, 5.41) is 24.0. The molecule has 22 heavy (non-hydrogen) atoms. The number of aromatic hydroxyl groups is 1. The van der Waals surface area contributed by atoms with Gasteiger partial charge in [0.15, 0.2) is 0 Å². The number of nitrogens with zero attached hydrogens (tertiary/aromatic N) is 1. The van der Waals surface area contributed by atoms with Crippen LogP contribution >= 0.6 is 11.6 Å². The van der Waals surface area contributed by atoms with E-state index >= 15 is 0 Å². The Balaban J connectivity index is 2.09. The number of halogens is 1. The Hall–Kier alpha value is -2.97. The van der Waals surface area contributed by atoms with Gasteiger partial charge in [0.25, 0.3) is 5.91 Å². The molecule has 0 atom stereocenters. The predicted octanol–water partition coefficient (Wildman–Crippen LogP) is 3.50. The van der Waals surface area contributed by atoms with Crippen molar-refractivity contribution in [3.8, 4) is 11.8 Å². The van der Waals surface area contributed by atoms with Gasteiger partial charge in [-0.05, 0) is 36.4 Å². The minimum atomic E-state index is -0.568. The number of nitriles is 1. The Bertz CT molecular complexity index is 749. The van der Waals surface area contributed by atoms with Crippen LogP contribution in [0.2, 0.25) is 5.02 Å². The normalized spacial score (nSPS) is 10.6. The molecule has 2 aromatic rings. The standard InChI is InChI=1S/C16H12ClN3O2/c17-14-3-1-2-4-15(14)20-16(22)11(9-18)10-19-12-5-7-13(21)8-6-12/h1-8,10,19,21H,(H,20,22)/b11-10-. The monoisotopic (exact) mass is 313 g/mol. The van der Waals surface area contributed by atoms with E-state index in [1.807, 2.05) is 6.07 Å². The van der Waals surface area contributed by atoms with Crippen LogP contribution in [-0.2, 0) is 4.79 Å². The van der Waals surface area contributed by atoms with Crippen LogP contribution < -0.4 is 10.6 Å². The number of rotatable bonds is 4. The maximum absolute atomic E-state index is 12.0. The van der Waals surface area contributed by atoms with E-state index in [1.165, 1.54) is 18.3 Å². The van der Waals surface area contributed by atoms with Crippen molar-refractivity contribution >= 4 is 28.9 Å². The van der Waals surface area contributed by atoms with E-state index in [-0.39, 0.29) is 11.3 Å². The highest BCUT2D eigenvalue weighted by Crippen LogP contribution is 2.21. The van der Waals surface area contributed by atoms with Crippen LogP contribution in [0.3, 0.4) is 0 Å². The molecule has 0 fully saturated rings.